The number of nitrogens with zero attached hydrogens (tertiary/aromatic N) is 1. The number of hydrogen-bond acceptors (Lipinski definition) is 2. The lowest BCUT2D eigenvalue weighted by atomic mass is 10.2. The van der Waals surface area contributed by atoms with Crippen LogP contribution in [0.3, 0.4) is 0 Å². The normalized spacial score (nSPS) is 10.2. The zero-order valence-corrected chi connectivity index (χ0v) is 8.32. The third-order valence-electron chi connectivity index (χ3n) is 1.57. The molecule has 0 saturated heterocycles. The molecule has 0 aliphatic carbocycles. The summed E-state index contributed by atoms with van der Waals surface area (Å²) in [6.07, 6.45) is 3.61. The summed E-state index contributed by atoms with van der Waals surface area (Å²) in [5.41, 5.74) is 0.957. The van der Waals surface area contributed by atoms with E-state index >= 15 is 0 Å². The first-order valence-corrected chi connectivity index (χ1v) is 4.76. The Hall–Kier alpha value is -0.890. The van der Waals surface area contributed by atoms with Gasteiger partial charge in [0.1, 0.15) is 0 Å². The maximum Gasteiger partial charge on any atom is 0.0963 e. The Morgan fingerprint density at radius 2 is 2.00 bits per heavy atom. The van der Waals surface area contributed by atoms with E-state index in [4.69, 9.17) is 0 Å². The molecule has 12 heavy (non-hydrogen) atoms. The van der Waals surface area contributed by atoms with E-state index in [1.165, 1.54) is 0 Å². The Morgan fingerprint density at radius 1 is 1.33 bits per heavy atom. The minimum atomic E-state index is 0.488. The fourth-order valence-corrected chi connectivity index (χ4v) is 1.82. The highest BCUT2D eigenvalue weighted by Crippen LogP contribution is 2.26. The number of thiazole rings is 1. The fourth-order valence-electron chi connectivity index (χ4n) is 0.901. The van der Waals surface area contributed by atoms with Crippen molar-refractivity contribution >= 4 is 23.5 Å². The van der Waals surface area contributed by atoms with Gasteiger partial charge in [-0.15, -0.1) is 11.3 Å². The van der Waals surface area contributed by atoms with Crippen LogP contribution >= 0.6 is 11.3 Å². The molecule has 1 rings (SSSR count). The van der Waals surface area contributed by atoms with Crippen molar-refractivity contribution in [3.8, 4) is 0 Å². The molecule has 0 aliphatic rings. The SMILES string of the molecule is C=Cc1nc(C(C)C)sc1C=C. The van der Waals surface area contributed by atoms with Gasteiger partial charge in [-0.25, -0.2) is 4.98 Å². The predicted octanol–water partition coefficient (Wildman–Crippen LogP) is 3.55. The molecule has 1 aromatic heterocycles. The van der Waals surface area contributed by atoms with E-state index in [9.17, 15) is 0 Å². The lowest BCUT2D eigenvalue weighted by molar-refractivity contribution is 0.851. The zero-order chi connectivity index (χ0) is 9.14. The van der Waals surface area contributed by atoms with Gasteiger partial charge < -0.3 is 0 Å². The van der Waals surface area contributed by atoms with E-state index in [0.717, 1.165) is 15.6 Å². The first-order chi connectivity index (χ1) is 5.69. The van der Waals surface area contributed by atoms with Gasteiger partial charge in [0.2, 0.25) is 0 Å². The van der Waals surface area contributed by atoms with Crippen LogP contribution in [0.15, 0.2) is 13.2 Å². The zero-order valence-electron chi connectivity index (χ0n) is 7.50. The third-order valence-corrected chi connectivity index (χ3v) is 2.94. The van der Waals surface area contributed by atoms with Gasteiger partial charge in [-0.3, -0.25) is 0 Å². The van der Waals surface area contributed by atoms with Gasteiger partial charge in [0.15, 0.2) is 0 Å². The number of rotatable bonds is 3. The van der Waals surface area contributed by atoms with Crippen molar-refractivity contribution in [2.45, 2.75) is 19.8 Å². The van der Waals surface area contributed by atoms with Gasteiger partial charge in [0.05, 0.1) is 15.6 Å². The van der Waals surface area contributed by atoms with Crippen molar-refractivity contribution in [2.24, 2.45) is 0 Å². The average Bonchev–Trinajstić information content (AvgIpc) is 2.46. The van der Waals surface area contributed by atoms with E-state index in [0.29, 0.717) is 5.92 Å². The average molecular weight is 179 g/mol. The van der Waals surface area contributed by atoms with Gasteiger partial charge in [0, 0.05) is 5.92 Å². The van der Waals surface area contributed by atoms with Crippen LogP contribution in [0.1, 0.15) is 35.3 Å². The molecule has 1 nitrogen and oxygen atoms in total. The molecule has 0 atom stereocenters. The highest BCUT2D eigenvalue weighted by atomic mass is 32.1. The summed E-state index contributed by atoms with van der Waals surface area (Å²) in [6, 6.07) is 0. The summed E-state index contributed by atoms with van der Waals surface area (Å²) < 4.78 is 0. The van der Waals surface area contributed by atoms with Gasteiger partial charge in [-0.2, -0.15) is 0 Å². The van der Waals surface area contributed by atoms with E-state index in [1.54, 1.807) is 17.4 Å². The Labute approximate surface area is 77.5 Å². The molecule has 0 N–H and O–H groups in total. The Morgan fingerprint density at radius 3 is 2.33 bits per heavy atom. The molecular weight excluding hydrogens is 166 g/mol. The standard InChI is InChI=1S/C10H13NS/c1-5-8-9(6-2)12-10(11-8)7(3)4/h5-7H,1-2H2,3-4H3. The van der Waals surface area contributed by atoms with Crippen molar-refractivity contribution in [3.63, 3.8) is 0 Å². The third kappa shape index (κ3) is 1.64. The topological polar surface area (TPSA) is 12.9 Å². The highest BCUT2D eigenvalue weighted by Gasteiger charge is 2.08. The quantitative estimate of drug-likeness (QED) is 0.691. The molecule has 64 valence electrons. The maximum atomic E-state index is 4.43. The summed E-state index contributed by atoms with van der Waals surface area (Å²) in [4.78, 5) is 5.55. The van der Waals surface area contributed by atoms with Crippen molar-refractivity contribution < 1.29 is 0 Å². The predicted molar refractivity (Wildman–Crippen MR) is 56.4 cm³/mol. The van der Waals surface area contributed by atoms with Crippen LogP contribution in [-0.2, 0) is 0 Å². The van der Waals surface area contributed by atoms with Crippen LogP contribution in [0.5, 0.6) is 0 Å². The lowest BCUT2D eigenvalue weighted by Gasteiger charge is -1.94. The van der Waals surface area contributed by atoms with Crippen LogP contribution in [0, 0.1) is 0 Å². The van der Waals surface area contributed by atoms with Crippen LogP contribution in [-0.4, -0.2) is 4.98 Å². The second-order valence-corrected chi connectivity index (χ2v) is 3.93. The molecule has 0 spiro atoms. The molecule has 0 unspecified atom stereocenters. The van der Waals surface area contributed by atoms with Gasteiger partial charge >= 0.3 is 0 Å². The first kappa shape index (κ1) is 9.20. The van der Waals surface area contributed by atoms with Gasteiger partial charge in [-0.05, 0) is 12.2 Å². The molecule has 0 aromatic carbocycles. The van der Waals surface area contributed by atoms with Crippen molar-refractivity contribution in [1.82, 2.24) is 4.98 Å². The molecule has 0 amide bonds. The van der Waals surface area contributed by atoms with E-state index < -0.39 is 0 Å². The molecular formula is C10H13NS. The minimum absolute atomic E-state index is 0.488. The van der Waals surface area contributed by atoms with Crippen LogP contribution in [0.2, 0.25) is 0 Å². The summed E-state index contributed by atoms with van der Waals surface area (Å²) in [6.45, 7) is 11.7. The summed E-state index contributed by atoms with van der Waals surface area (Å²) >= 11 is 1.69. The number of hydrogen-bond donors (Lipinski definition) is 0. The molecule has 0 aliphatic heterocycles. The Kier molecular flexibility index (Phi) is 2.82. The molecule has 1 heterocycles. The van der Waals surface area contributed by atoms with E-state index in [1.807, 2.05) is 6.08 Å². The van der Waals surface area contributed by atoms with Gasteiger partial charge in [-0.1, -0.05) is 27.0 Å². The largest absolute Gasteiger partial charge is 0.241 e. The van der Waals surface area contributed by atoms with Crippen molar-refractivity contribution in [2.75, 3.05) is 0 Å². The summed E-state index contributed by atoms with van der Waals surface area (Å²) in [7, 11) is 0. The Balaban J connectivity index is 3.13. The second kappa shape index (κ2) is 3.68. The molecule has 1 aromatic rings. The monoisotopic (exact) mass is 179 g/mol. The molecule has 2 heteroatoms. The minimum Gasteiger partial charge on any atom is -0.241 e. The molecule has 0 saturated carbocycles. The van der Waals surface area contributed by atoms with Gasteiger partial charge in [0.25, 0.3) is 0 Å². The lowest BCUT2D eigenvalue weighted by Crippen LogP contribution is -1.84. The summed E-state index contributed by atoms with van der Waals surface area (Å²) in [5.74, 6) is 0.488. The van der Waals surface area contributed by atoms with E-state index in [2.05, 4.69) is 32.0 Å². The highest BCUT2D eigenvalue weighted by molar-refractivity contribution is 7.12. The fraction of sp³-hybridized carbons (Fsp3) is 0.300. The maximum absolute atomic E-state index is 4.43. The van der Waals surface area contributed by atoms with Crippen LogP contribution in [0.4, 0.5) is 0 Å². The first-order valence-electron chi connectivity index (χ1n) is 3.94. The van der Waals surface area contributed by atoms with Crippen LogP contribution < -0.4 is 0 Å². The van der Waals surface area contributed by atoms with Crippen molar-refractivity contribution in [3.05, 3.63) is 28.7 Å². The van der Waals surface area contributed by atoms with E-state index in [-0.39, 0.29) is 0 Å². The molecule has 0 fully saturated rings. The van der Waals surface area contributed by atoms with Crippen LogP contribution in [0.25, 0.3) is 12.2 Å². The smallest absolute Gasteiger partial charge is 0.0963 e. The number of aromatic nitrogens is 1. The summed E-state index contributed by atoms with van der Waals surface area (Å²) in [5, 5.41) is 1.15. The molecule has 0 bridgehead atoms. The second-order valence-electron chi connectivity index (χ2n) is 2.86. The van der Waals surface area contributed by atoms with Crippen molar-refractivity contribution in [1.29, 1.82) is 0 Å². The Bertz CT molecular complexity index is 271. The molecule has 0 radical (unpaired) electrons.